The molecule has 0 aliphatic carbocycles. The van der Waals surface area contributed by atoms with Crippen molar-refractivity contribution in [2.45, 2.75) is 26.7 Å². The van der Waals surface area contributed by atoms with E-state index in [1.165, 1.54) is 6.08 Å². The highest BCUT2D eigenvalue weighted by Crippen LogP contribution is 2.23. The summed E-state index contributed by atoms with van der Waals surface area (Å²) >= 11 is 0. The summed E-state index contributed by atoms with van der Waals surface area (Å²) in [6.07, 6.45) is 3.30. The Kier molecular flexibility index (Phi) is 5.99. The van der Waals surface area contributed by atoms with E-state index < -0.39 is 0 Å². The van der Waals surface area contributed by atoms with Crippen molar-refractivity contribution in [2.75, 3.05) is 5.32 Å². The van der Waals surface area contributed by atoms with Gasteiger partial charge in [0.05, 0.1) is 11.0 Å². The fourth-order valence-electron chi connectivity index (χ4n) is 3.52. The van der Waals surface area contributed by atoms with Crippen molar-refractivity contribution in [3.05, 3.63) is 101 Å². The molecule has 1 aromatic heterocycles. The summed E-state index contributed by atoms with van der Waals surface area (Å²) in [7, 11) is 0. The fourth-order valence-corrected chi connectivity index (χ4v) is 3.52. The molecule has 5 heteroatoms. The maximum atomic E-state index is 12.7. The van der Waals surface area contributed by atoms with Gasteiger partial charge in [-0.1, -0.05) is 55.8 Å². The molecule has 0 unspecified atom stereocenters. The number of amides is 1. The maximum absolute atomic E-state index is 12.7. The average molecular weight is 424 g/mol. The highest BCUT2D eigenvalue weighted by Gasteiger charge is 2.13. The van der Waals surface area contributed by atoms with Crippen LogP contribution in [0.15, 0.2) is 72.8 Å². The van der Waals surface area contributed by atoms with Gasteiger partial charge in [0.2, 0.25) is 5.78 Å². The Hall–Kier alpha value is -3.99. The lowest BCUT2D eigenvalue weighted by Crippen LogP contribution is -2.12. The van der Waals surface area contributed by atoms with Gasteiger partial charge in [-0.2, -0.15) is 0 Å². The van der Waals surface area contributed by atoms with E-state index in [0.717, 1.165) is 33.4 Å². The zero-order valence-electron chi connectivity index (χ0n) is 18.3. The first-order chi connectivity index (χ1) is 15.4. The molecule has 160 valence electrons. The van der Waals surface area contributed by atoms with Crippen LogP contribution in [0.2, 0.25) is 0 Å². The van der Waals surface area contributed by atoms with Crippen molar-refractivity contribution >= 4 is 34.5 Å². The number of aryl methyl sites for hydroxylation is 1. The molecule has 4 rings (SSSR count). The molecular weight excluding hydrogens is 398 g/mol. The molecular formula is C27H25N3O2. The Balaban J connectivity index is 1.55. The van der Waals surface area contributed by atoms with E-state index >= 15 is 0 Å². The van der Waals surface area contributed by atoms with Crippen LogP contribution in [-0.2, 0) is 0 Å². The van der Waals surface area contributed by atoms with E-state index in [-0.39, 0.29) is 17.6 Å². The topological polar surface area (TPSA) is 74.8 Å². The molecule has 0 saturated carbocycles. The summed E-state index contributed by atoms with van der Waals surface area (Å²) in [6, 6.07) is 20.8. The second kappa shape index (κ2) is 9.02. The van der Waals surface area contributed by atoms with Crippen LogP contribution in [0.25, 0.3) is 17.1 Å². The number of allylic oxidation sites excluding steroid dienone is 1. The Morgan fingerprint density at radius 3 is 2.47 bits per heavy atom. The third-order valence-corrected chi connectivity index (χ3v) is 5.32. The number of aromatic nitrogens is 2. The van der Waals surface area contributed by atoms with Gasteiger partial charge < -0.3 is 10.3 Å². The number of rotatable bonds is 6. The third kappa shape index (κ3) is 4.67. The van der Waals surface area contributed by atoms with Crippen LogP contribution in [-0.4, -0.2) is 21.7 Å². The van der Waals surface area contributed by atoms with Crippen LogP contribution in [0.3, 0.4) is 0 Å². The lowest BCUT2D eigenvalue weighted by molar-refractivity contribution is 0.102. The molecule has 1 amide bonds. The summed E-state index contributed by atoms with van der Waals surface area (Å²) in [5.41, 5.74) is 5.96. The van der Waals surface area contributed by atoms with Crippen molar-refractivity contribution < 1.29 is 9.59 Å². The van der Waals surface area contributed by atoms with E-state index in [9.17, 15) is 9.59 Å². The minimum Gasteiger partial charge on any atom is -0.335 e. The summed E-state index contributed by atoms with van der Waals surface area (Å²) in [6.45, 7) is 6.14. The van der Waals surface area contributed by atoms with Crippen molar-refractivity contribution in [3.8, 4) is 0 Å². The number of carbonyl (C=O) groups excluding carboxylic acids is 2. The first-order valence-corrected chi connectivity index (χ1v) is 10.6. The highest BCUT2D eigenvalue weighted by molar-refractivity contribution is 6.06. The molecule has 0 fully saturated rings. The summed E-state index contributed by atoms with van der Waals surface area (Å²) in [5.74, 6) is 0.132. The number of fused-ring (bicyclic) bond motifs is 1. The normalized spacial score (nSPS) is 11.4. The van der Waals surface area contributed by atoms with E-state index in [2.05, 4.69) is 29.1 Å². The van der Waals surface area contributed by atoms with Gasteiger partial charge in [-0.25, -0.2) is 4.98 Å². The minimum absolute atomic E-state index is 0.162. The van der Waals surface area contributed by atoms with Gasteiger partial charge in [0, 0.05) is 11.3 Å². The molecule has 32 heavy (non-hydrogen) atoms. The molecule has 5 nitrogen and oxygen atoms in total. The largest absolute Gasteiger partial charge is 0.335 e. The number of hydrogen-bond acceptors (Lipinski definition) is 3. The van der Waals surface area contributed by atoms with Crippen LogP contribution in [0.5, 0.6) is 0 Å². The number of carbonyl (C=O) groups is 2. The summed E-state index contributed by atoms with van der Waals surface area (Å²) in [4.78, 5) is 32.8. The van der Waals surface area contributed by atoms with Crippen LogP contribution in [0, 0.1) is 6.92 Å². The molecule has 2 N–H and O–H groups in total. The average Bonchev–Trinajstić information content (AvgIpc) is 3.23. The van der Waals surface area contributed by atoms with Gasteiger partial charge in [0.15, 0.2) is 5.82 Å². The van der Waals surface area contributed by atoms with Gasteiger partial charge in [-0.15, -0.1) is 0 Å². The minimum atomic E-state index is -0.197. The van der Waals surface area contributed by atoms with Crippen LogP contribution < -0.4 is 5.32 Å². The van der Waals surface area contributed by atoms with Crippen molar-refractivity contribution in [1.29, 1.82) is 0 Å². The number of anilines is 1. The van der Waals surface area contributed by atoms with Gasteiger partial charge in [-0.3, -0.25) is 9.59 Å². The van der Waals surface area contributed by atoms with E-state index in [1.807, 2.05) is 67.6 Å². The standard InChI is InChI=1S/C27H25N3O2/c1-17(2)22-16-20(27(32)28-21-13-8-18(3)9-14-21)11-10-19(22)12-15-25(31)26-29-23-6-4-5-7-24(23)30-26/h4-17H,1-3H3,(H,28,32)(H,29,30). The number of ketones is 1. The molecule has 4 aromatic rings. The van der Waals surface area contributed by atoms with Gasteiger partial charge in [0.1, 0.15) is 0 Å². The predicted molar refractivity (Wildman–Crippen MR) is 129 cm³/mol. The molecule has 3 aromatic carbocycles. The van der Waals surface area contributed by atoms with Crippen LogP contribution in [0.4, 0.5) is 5.69 Å². The molecule has 1 heterocycles. The summed E-state index contributed by atoms with van der Waals surface area (Å²) < 4.78 is 0. The van der Waals surface area contributed by atoms with Crippen molar-refractivity contribution in [2.24, 2.45) is 0 Å². The lowest BCUT2D eigenvalue weighted by Gasteiger charge is -2.13. The number of benzene rings is 3. The van der Waals surface area contributed by atoms with E-state index in [1.54, 1.807) is 12.1 Å². The zero-order chi connectivity index (χ0) is 22.7. The molecule has 0 aliphatic heterocycles. The zero-order valence-corrected chi connectivity index (χ0v) is 18.3. The van der Waals surface area contributed by atoms with Crippen molar-refractivity contribution in [3.63, 3.8) is 0 Å². The second-order valence-electron chi connectivity index (χ2n) is 8.12. The first kappa shape index (κ1) is 21.2. The number of nitrogens with one attached hydrogen (secondary N) is 2. The van der Waals surface area contributed by atoms with Crippen LogP contribution >= 0.6 is 0 Å². The smallest absolute Gasteiger partial charge is 0.255 e. The van der Waals surface area contributed by atoms with E-state index in [0.29, 0.717) is 11.4 Å². The number of imidazole rings is 1. The number of nitrogens with zero attached hydrogens (tertiary/aromatic N) is 1. The lowest BCUT2D eigenvalue weighted by atomic mass is 9.94. The van der Waals surface area contributed by atoms with Gasteiger partial charge in [0.25, 0.3) is 5.91 Å². The van der Waals surface area contributed by atoms with Gasteiger partial charge in [-0.05, 0) is 66.4 Å². The second-order valence-corrected chi connectivity index (χ2v) is 8.12. The Morgan fingerprint density at radius 2 is 1.75 bits per heavy atom. The van der Waals surface area contributed by atoms with E-state index in [4.69, 9.17) is 0 Å². The monoisotopic (exact) mass is 423 g/mol. The van der Waals surface area contributed by atoms with Crippen molar-refractivity contribution in [1.82, 2.24) is 9.97 Å². The number of para-hydroxylation sites is 2. The highest BCUT2D eigenvalue weighted by atomic mass is 16.1. The Bertz CT molecular complexity index is 1280. The molecule has 0 bridgehead atoms. The molecule has 0 radical (unpaired) electrons. The Morgan fingerprint density at radius 1 is 1.00 bits per heavy atom. The summed E-state index contributed by atoms with van der Waals surface area (Å²) in [5, 5.41) is 2.93. The molecule has 0 aliphatic rings. The molecule has 0 spiro atoms. The van der Waals surface area contributed by atoms with Gasteiger partial charge >= 0.3 is 0 Å². The SMILES string of the molecule is Cc1ccc(NC(=O)c2ccc(C=CC(=O)c3nc4ccccc4[nH]3)c(C(C)C)c2)cc1. The van der Waals surface area contributed by atoms with Crippen LogP contribution in [0.1, 0.15) is 57.4 Å². The maximum Gasteiger partial charge on any atom is 0.255 e. The number of hydrogen-bond donors (Lipinski definition) is 2. The molecule has 0 atom stereocenters. The fraction of sp³-hybridized carbons (Fsp3) is 0.148. The first-order valence-electron chi connectivity index (χ1n) is 10.6. The number of aromatic amines is 1. The predicted octanol–water partition coefficient (Wildman–Crippen LogP) is 6.14. The molecule has 0 saturated heterocycles. The Labute approximate surface area is 187 Å². The quantitative estimate of drug-likeness (QED) is 0.289. The third-order valence-electron chi connectivity index (χ3n) is 5.32. The number of H-pyrrole nitrogens is 1.